The first-order chi connectivity index (χ1) is 9.19. The van der Waals surface area contributed by atoms with Crippen molar-refractivity contribution >= 4 is 11.8 Å². The number of rotatable bonds is 5. The number of aromatic nitrogens is 2. The SMILES string of the molecule is CCC(N)Cc1ccc(Sc2ccncn2)cc1C. The maximum absolute atomic E-state index is 6.01. The van der Waals surface area contributed by atoms with E-state index in [0.717, 1.165) is 17.9 Å². The molecule has 1 aromatic heterocycles. The Morgan fingerprint density at radius 3 is 2.79 bits per heavy atom. The van der Waals surface area contributed by atoms with Gasteiger partial charge >= 0.3 is 0 Å². The van der Waals surface area contributed by atoms with Gasteiger partial charge in [0.15, 0.2) is 0 Å². The molecule has 0 saturated carbocycles. The van der Waals surface area contributed by atoms with Crippen molar-refractivity contribution in [1.29, 1.82) is 0 Å². The molecule has 19 heavy (non-hydrogen) atoms. The molecule has 0 fully saturated rings. The van der Waals surface area contributed by atoms with Gasteiger partial charge in [0.2, 0.25) is 0 Å². The largest absolute Gasteiger partial charge is 0.327 e. The smallest absolute Gasteiger partial charge is 0.116 e. The highest BCUT2D eigenvalue weighted by molar-refractivity contribution is 7.99. The summed E-state index contributed by atoms with van der Waals surface area (Å²) in [6.45, 7) is 4.26. The number of aryl methyl sites for hydroxylation is 1. The van der Waals surface area contributed by atoms with Crippen molar-refractivity contribution in [2.45, 2.75) is 42.7 Å². The minimum atomic E-state index is 0.249. The molecule has 4 heteroatoms. The van der Waals surface area contributed by atoms with Gasteiger partial charge in [0.05, 0.1) is 0 Å². The maximum Gasteiger partial charge on any atom is 0.116 e. The Morgan fingerprint density at radius 2 is 2.16 bits per heavy atom. The number of nitrogens with zero attached hydrogens (tertiary/aromatic N) is 2. The summed E-state index contributed by atoms with van der Waals surface area (Å²) < 4.78 is 0. The molecule has 0 saturated heterocycles. The quantitative estimate of drug-likeness (QED) is 0.850. The third-order valence-corrected chi connectivity index (χ3v) is 4.04. The van der Waals surface area contributed by atoms with E-state index in [2.05, 4.69) is 42.0 Å². The Hall–Kier alpha value is -1.39. The molecule has 1 heterocycles. The summed E-state index contributed by atoms with van der Waals surface area (Å²) in [7, 11) is 0. The summed E-state index contributed by atoms with van der Waals surface area (Å²) in [6, 6.07) is 8.68. The van der Waals surface area contributed by atoms with E-state index in [1.54, 1.807) is 24.3 Å². The second-order valence-electron chi connectivity index (χ2n) is 4.61. The molecule has 1 atom stereocenters. The van der Waals surface area contributed by atoms with Crippen LogP contribution in [0.5, 0.6) is 0 Å². The standard InChI is InChI=1S/C15H19N3S/c1-3-13(16)9-12-4-5-14(8-11(12)2)19-15-6-7-17-10-18-15/h4-8,10,13H,3,9,16H2,1-2H3. The summed E-state index contributed by atoms with van der Waals surface area (Å²) in [5.41, 5.74) is 8.64. The van der Waals surface area contributed by atoms with Gasteiger partial charge in [-0.25, -0.2) is 9.97 Å². The Morgan fingerprint density at radius 1 is 1.32 bits per heavy atom. The van der Waals surface area contributed by atoms with Gasteiger partial charge in [-0.3, -0.25) is 0 Å². The predicted molar refractivity (Wildman–Crippen MR) is 79.3 cm³/mol. The molecule has 3 nitrogen and oxygen atoms in total. The first-order valence-electron chi connectivity index (χ1n) is 6.48. The first-order valence-corrected chi connectivity index (χ1v) is 7.29. The summed E-state index contributed by atoms with van der Waals surface area (Å²) in [5, 5.41) is 0.965. The van der Waals surface area contributed by atoms with Crippen LogP contribution in [0.2, 0.25) is 0 Å². The zero-order valence-electron chi connectivity index (χ0n) is 11.3. The van der Waals surface area contributed by atoms with Crippen LogP contribution in [0, 0.1) is 6.92 Å². The molecular weight excluding hydrogens is 254 g/mol. The number of nitrogens with two attached hydrogens (primary N) is 1. The number of hydrogen-bond acceptors (Lipinski definition) is 4. The Balaban J connectivity index is 2.10. The highest BCUT2D eigenvalue weighted by atomic mass is 32.2. The molecule has 0 bridgehead atoms. The van der Waals surface area contributed by atoms with E-state index in [-0.39, 0.29) is 6.04 Å². The zero-order chi connectivity index (χ0) is 13.7. The average molecular weight is 273 g/mol. The fourth-order valence-corrected chi connectivity index (χ4v) is 2.69. The van der Waals surface area contributed by atoms with Crippen LogP contribution in [0.3, 0.4) is 0 Å². The molecule has 2 aromatic rings. The Kier molecular flexibility index (Phi) is 4.93. The van der Waals surface area contributed by atoms with Crippen molar-refractivity contribution in [2.75, 3.05) is 0 Å². The molecule has 100 valence electrons. The molecule has 0 amide bonds. The lowest BCUT2D eigenvalue weighted by atomic mass is 10.0. The summed E-state index contributed by atoms with van der Waals surface area (Å²) >= 11 is 1.65. The molecule has 0 radical (unpaired) electrons. The average Bonchev–Trinajstić information content (AvgIpc) is 2.43. The lowest BCUT2D eigenvalue weighted by molar-refractivity contribution is 0.644. The maximum atomic E-state index is 6.01. The Labute approximate surface area is 118 Å². The van der Waals surface area contributed by atoms with Crippen molar-refractivity contribution in [3.8, 4) is 0 Å². The Bertz CT molecular complexity index is 528. The van der Waals surface area contributed by atoms with Crippen LogP contribution < -0.4 is 5.73 Å². The van der Waals surface area contributed by atoms with Crippen LogP contribution in [0.25, 0.3) is 0 Å². The second-order valence-corrected chi connectivity index (χ2v) is 5.70. The van der Waals surface area contributed by atoms with E-state index in [1.165, 1.54) is 16.0 Å². The van der Waals surface area contributed by atoms with E-state index >= 15 is 0 Å². The van der Waals surface area contributed by atoms with Gasteiger partial charge in [0.1, 0.15) is 11.4 Å². The van der Waals surface area contributed by atoms with Crippen molar-refractivity contribution in [3.05, 3.63) is 47.9 Å². The summed E-state index contributed by atoms with van der Waals surface area (Å²) in [5.74, 6) is 0. The van der Waals surface area contributed by atoms with Crippen molar-refractivity contribution in [1.82, 2.24) is 9.97 Å². The third-order valence-electron chi connectivity index (χ3n) is 3.10. The van der Waals surface area contributed by atoms with E-state index in [1.807, 2.05) is 6.07 Å². The van der Waals surface area contributed by atoms with E-state index < -0.39 is 0 Å². The topological polar surface area (TPSA) is 51.8 Å². The normalized spacial score (nSPS) is 12.4. The highest BCUT2D eigenvalue weighted by Gasteiger charge is 2.06. The van der Waals surface area contributed by atoms with Crippen molar-refractivity contribution in [2.24, 2.45) is 5.73 Å². The third kappa shape index (κ3) is 4.04. The first kappa shape index (κ1) is 14.0. The molecule has 1 aromatic carbocycles. The van der Waals surface area contributed by atoms with Crippen LogP contribution in [-0.4, -0.2) is 16.0 Å². The molecule has 0 aliphatic rings. The van der Waals surface area contributed by atoms with E-state index in [9.17, 15) is 0 Å². The zero-order valence-corrected chi connectivity index (χ0v) is 12.2. The van der Waals surface area contributed by atoms with Crippen molar-refractivity contribution in [3.63, 3.8) is 0 Å². The molecule has 2 N–H and O–H groups in total. The summed E-state index contributed by atoms with van der Waals surface area (Å²) in [4.78, 5) is 9.34. The fourth-order valence-electron chi connectivity index (χ4n) is 1.85. The van der Waals surface area contributed by atoms with Crippen LogP contribution in [0.15, 0.2) is 46.7 Å². The monoisotopic (exact) mass is 273 g/mol. The van der Waals surface area contributed by atoms with Gasteiger partial charge in [-0.15, -0.1) is 0 Å². The van der Waals surface area contributed by atoms with Crippen molar-refractivity contribution < 1.29 is 0 Å². The van der Waals surface area contributed by atoms with Gasteiger partial charge in [-0.2, -0.15) is 0 Å². The van der Waals surface area contributed by atoms with Gasteiger partial charge < -0.3 is 5.73 Å². The molecule has 0 aliphatic carbocycles. The van der Waals surface area contributed by atoms with Gasteiger partial charge in [-0.1, -0.05) is 24.8 Å². The minimum Gasteiger partial charge on any atom is -0.327 e. The lowest BCUT2D eigenvalue weighted by Crippen LogP contribution is -2.21. The predicted octanol–water partition coefficient (Wildman–Crippen LogP) is 3.22. The highest BCUT2D eigenvalue weighted by Crippen LogP contribution is 2.27. The van der Waals surface area contributed by atoms with Crippen LogP contribution in [-0.2, 0) is 6.42 Å². The van der Waals surface area contributed by atoms with Crippen LogP contribution in [0.1, 0.15) is 24.5 Å². The van der Waals surface area contributed by atoms with E-state index in [0.29, 0.717) is 0 Å². The number of benzene rings is 1. The van der Waals surface area contributed by atoms with Crippen LogP contribution >= 0.6 is 11.8 Å². The molecule has 1 unspecified atom stereocenters. The van der Waals surface area contributed by atoms with Gasteiger partial charge in [-0.05, 0) is 49.1 Å². The number of hydrogen-bond donors (Lipinski definition) is 1. The summed E-state index contributed by atoms with van der Waals surface area (Å²) in [6.07, 6.45) is 5.29. The lowest BCUT2D eigenvalue weighted by Gasteiger charge is -2.12. The molecule has 0 aliphatic heterocycles. The molecule has 0 spiro atoms. The molecular formula is C15H19N3S. The van der Waals surface area contributed by atoms with E-state index in [4.69, 9.17) is 5.73 Å². The second kappa shape index (κ2) is 6.68. The van der Waals surface area contributed by atoms with Gasteiger partial charge in [0.25, 0.3) is 0 Å². The minimum absolute atomic E-state index is 0.249. The fraction of sp³-hybridized carbons (Fsp3) is 0.333. The van der Waals surface area contributed by atoms with Gasteiger partial charge in [0, 0.05) is 17.1 Å². The van der Waals surface area contributed by atoms with Crippen LogP contribution in [0.4, 0.5) is 0 Å². The molecule has 2 rings (SSSR count).